The molecule has 1 aliphatic rings. The van der Waals surface area contributed by atoms with Crippen LogP contribution < -0.4 is 10.1 Å². The van der Waals surface area contributed by atoms with Crippen molar-refractivity contribution in [3.8, 4) is 5.75 Å². The summed E-state index contributed by atoms with van der Waals surface area (Å²) < 4.78 is 6.93. The minimum absolute atomic E-state index is 0.297. The third-order valence-corrected chi connectivity index (χ3v) is 4.74. The second-order valence-electron chi connectivity index (χ2n) is 6.97. The van der Waals surface area contributed by atoms with Crippen LogP contribution in [0.4, 0.5) is 0 Å². The van der Waals surface area contributed by atoms with Crippen molar-refractivity contribution < 1.29 is 4.74 Å². The summed E-state index contributed by atoms with van der Waals surface area (Å²) in [5, 5.41) is 3.67. The minimum Gasteiger partial charge on any atom is -0.492 e. The van der Waals surface area contributed by atoms with Gasteiger partial charge in [-0.1, -0.05) is 36.7 Å². The lowest BCUT2D eigenvalue weighted by Gasteiger charge is -2.43. The van der Waals surface area contributed by atoms with E-state index < -0.39 is 0 Å². The SMILES string of the molecule is CC1CNC(C(C)(C)C)CN1CCOc1ccc(Br)cc1. The smallest absolute Gasteiger partial charge is 0.119 e. The number of benzene rings is 1. The molecule has 0 spiro atoms. The van der Waals surface area contributed by atoms with Crippen molar-refractivity contribution in [2.75, 3.05) is 26.2 Å². The summed E-state index contributed by atoms with van der Waals surface area (Å²) in [6.07, 6.45) is 0. The van der Waals surface area contributed by atoms with Gasteiger partial charge < -0.3 is 10.1 Å². The van der Waals surface area contributed by atoms with Crippen LogP contribution in [-0.4, -0.2) is 43.2 Å². The lowest BCUT2D eigenvalue weighted by Crippen LogP contribution is -2.60. The average molecular weight is 355 g/mol. The van der Waals surface area contributed by atoms with E-state index in [-0.39, 0.29) is 0 Å². The van der Waals surface area contributed by atoms with Crippen molar-refractivity contribution in [3.63, 3.8) is 0 Å². The number of nitrogens with zero attached hydrogens (tertiary/aromatic N) is 1. The molecule has 0 bridgehead atoms. The molecule has 21 heavy (non-hydrogen) atoms. The largest absolute Gasteiger partial charge is 0.492 e. The molecular formula is C17H27BrN2O. The monoisotopic (exact) mass is 354 g/mol. The molecule has 0 aromatic heterocycles. The fourth-order valence-electron chi connectivity index (χ4n) is 2.62. The van der Waals surface area contributed by atoms with Gasteiger partial charge in [0.1, 0.15) is 12.4 Å². The second kappa shape index (κ2) is 7.12. The van der Waals surface area contributed by atoms with Crippen LogP contribution in [0.1, 0.15) is 27.7 Å². The van der Waals surface area contributed by atoms with Crippen LogP contribution in [0.2, 0.25) is 0 Å². The van der Waals surface area contributed by atoms with Gasteiger partial charge in [-0.25, -0.2) is 0 Å². The van der Waals surface area contributed by atoms with Crippen molar-refractivity contribution in [1.82, 2.24) is 10.2 Å². The van der Waals surface area contributed by atoms with Crippen molar-refractivity contribution in [1.29, 1.82) is 0 Å². The van der Waals surface area contributed by atoms with E-state index in [1.54, 1.807) is 0 Å². The van der Waals surface area contributed by atoms with Crippen LogP contribution in [0.3, 0.4) is 0 Å². The predicted molar refractivity (Wildman–Crippen MR) is 91.9 cm³/mol. The Bertz CT molecular complexity index is 441. The molecule has 2 rings (SSSR count). The Morgan fingerprint density at radius 3 is 2.57 bits per heavy atom. The van der Waals surface area contributed by atoms with E-state index in [9.17, 15) is 0 Å². The van der Waals surface area contributed by atoms with E-state index in [2.05, 4.69) is 53.8 Å². The van der Waals surface area contributed by atoms with Gasteiger partial charge in [0.05, 0.1) is 0 Å². The maximum Gasteiger partial charge on any atom is 0.119 e. The van der Waals surface area contributed by atoms with Crippen LogP contribution in [0.25, 0.3) is 0 Å². The molecule has 2 atom stereocenters. The van der Waals surface area contributed by atoms with Crippen LogP contribution in [0, 0.1) is 5.41 Å². The van der Waals surface area contributed by atoms with E-state index in [4.69, 9.17) is 4.74 Å². The van der Waals surface area contributed by atoms with Gasteiger partial charge in [-0.2, -0.15) is 0 Å². The Hall–Kier alpha value is -0.580. The van der Waals surface area contributed by atoms with Crippen LogP contribution in [-0.2, 0) is 0 Å². The number of ether oxygens (including phenoxy) is 1. The molecule has 1 aromatic carbocycles. The molecule has 1 saturated heterocycles. The minimum atomic E-state index is 0.297. The van der Waals surface area contributed by atoms with E-state index >= 15 is 0 Å². The molecule has 4 heteroatoms. The van der Waals surface area contributed by atoms with E-state index in [0.29, 0.717) is 17.5 Å². The number of rotatable bonds is 4. The molecule has 1 aromatic rings. The zero-order valence-electron chi connectivity index (χ0n) is 13.5. The average Bonchev–Trinajstić information content (AvgIpc) is 2.42. The number of halogens is 1. The first-order valence-corrected chi connectivity index (χ1v) is 8.51. The summed E-state index contributed by atoms with van der Waals surface area (Å²) in [4.78, 5) is 2.53. The molecule has 0 amide bonds. The van der Waals surface area contributed by atoms with Gasteiger partial charge in [-0.15, -0.1) is 0 Å². The van der Waals surface area contributed by atoms with Gasteiger partial charge in [-0.05, 0) is 36.6 Å². The molecule has 1 heterocycles. The van der Waals surface area contributed by atoms with E-state index in [1.807, 2.05) is 24.3 Å². The van der Waals surface area contributed by atoms with Gasteiger partial charge in [0.2, 0.25) is 0 Å². The van der Waals surface area contributed by atoms with Crippen LogP contribution in [0.5, 0.6) is 5.75 Å². The Morgan fingerprint density at radius 2 is 1.95 bits per heavy atom. The highest BCUT2D eigenvalue weighted by Gasteiger charge is 2.32. The molecule has 0 saturated carbocycles. The summed E-state index contributed by atoms with van der Waals surface area (Å²) in [6, 6.07) is 9.14. The number of nitrogens with one attached hydrogen (secondary N) is 1. The first kappa shape index (κ1) is 16.8. The molecule has 2 unspecified atom stereocenters. The summed E-state index contributed by atoms with van der Waals surface area (Å²) in [5.41, 5.74) is 0.297. The summed E-state index contributed by atoms with van der Waals surface area (Å²) in [5.74, 6) is 0.938. The predicted octanol–water partition coefficient (Wildman–Crippen LogP) is 3.54. The van der Waals surface area contributed by atoms with Crippen molar-refractivity contribution in [2.45, 2.75) is 39.8 Å². The Morgan fingerprint density at radius 1 is 1.29 bits per heavy atom. The third-order valence-electron chi connectivity index (χ3n) is 4.21. The molecule has 1 N–H and O–H groups in total. The topological polar surface area (TPSA) is 24.5 Å². The number of hydrogen-bond donors (Lipinski definition) is 1. The van der Waals surface area contributed by atoms with Crippen LogP contribution in [0.15, 0.2) is 28.7 Å². The maximum atomic E-state index is 5.85. The van der Waals surface area contributed by atoms with Crippen LogP contribution >= 0.6 is 15.9 Å². The zero-order valence-corrected chi connectivity index (χ0v) is 15.1. The molecule has 0 radical (unpaired) electrons. The highest BCUT2D eigenvalue weighted by atomic mass is 79.9. The molecule has 1 fully saturated rings. The van der Waals surface area contributed by atoms with Gasteiger partial charge in [0.15, 0.2) is 0 Å². The van der Waals surface area contributed by atoms with Crippen molar-refractivity contribution in [2.24, 2.45) is 5.41 Å². The highest BCUT2D eigenvalue weighted by molar-refractivity contribution is 9.10. The second-order valence-corrected chi connectivity index (χ2v) is 7.89. The lowest BCUT2D eigenvalue weighted by atomic mass is 9.85. The fourth-order valence-corrected chi connectivity index (χ4v) is 2.89. The van der Waals surface area contributed by atoms with Gasteiger partial charge >= 0.3 is 0 Å². The summed E-state index contributed by atoms with van der Waals surface area (Å²) in [6.45, 7) is 13.1. The quantitative estimate of drug-likeness (QED) is 0.894. The summed E-state index contributed by atoms with van der Waals surface area (Å²) in [7, 11) is 0. The Kier molecular flexibility index (Phi) is 5.69. The standard InChI is InChI=1S/C17H27BrN2O/c1-13-11-19-16(17(2,3)4)12-20(13)9-10-21-15-7-5-14(18)6-8-15/h5-8,13,16,19H,9-12H2,1-4H3. The number of piperazine rings is 1. The first-order chi connectivity index (χ1) is 9.86. The molecular weight excluding hydrogens is 328 g/mol. The maximum absolute atomic E-state index is 5.85. The molecule has 0 aliphatic carbocycles. The summed E-state index contributed by atoms with van der Waals surface area (Å²) >= 11 is 3.44. The fraction of sp³-hybridized carbons (Fsp3) is 0.647. The highest BCUT2D eigenvalue weighted by Crippen LogP contribution is 2.23. The Labute approximate surface area is 137 Å². The normalized spacial score (nSPS) is 24.0. The molecule has 1 aliphatic heterocycles. The zero-order chi connectivity index (χ0) is 15.5. The van der Waals surface area contributed by atoms with Crippen molar-refractivity contribution in [3.05, 3.63) is 28.7 Å². The Balaban J connectivity index is 1.82. The van der Waals surface area contributed by atoms with E-state index in [1.165, 1.54) is 0 Å². The molecule has 118 valence electrons. The van der Waals surface area contributed by atoms with Gasteiger partial charge in [0.25, 0.3) is 0 Å². The molecule has 3 nitrogen and oxygen atoms in total. The first-order valence-electron chi connectivity index (χ1n) is 7.72. The lowest BCUT2D eigenvalue weighted by molar-refractivity contribution is 0.0807. The van der Waals surface area contributed by atoms with Gasteiger partial charge in [0, 0.05) is 36.2 Å². The number of hydrogen-bond acceptors (Lipinski definition) is 3. The van der Waals surface area contributed by atoms with Gasteiger partial charge in [-0.3, -0.25) is 4.90 Å². The van der Waals surface area contributed by atoms with Crippen molar-refractivity contribution >= 4 is 15.9 Å². The van der Waals surface area contributed by atoms with E-state index in [0.717, 1.165) is 36.5 Å². The third kappa shape index (κ3) is 4.97.